The van der Waals surface area contributed by atoms with Crippen molar-refractivity contribution in [3.63, 3.8) is 0 Å². The highest BCUT2D eigenvalue weighted by molar-refractivity contribution is 6.02. The maximum absolute atomic E-state index is 12.4. The summed E-state index contributed by atoms with van der Waals surface area (Å²) in [4.78, 5) is 14.6. The summed E-state index contributed by atoms with van der Waals surface area (Å²) in [7, 11) is 0. The van der Waals surface area contributed by atoms with Crippen LogP contribution in [0.5, 0.6) is 5.75 Å². The molecule has 4 rings (SSSR count). The van der Waals surface area contributed by atoms with E-state index in [-0.39, 0.29) is 5.91 Å². The molecule has 1 fully saturated rings. The molecule has 2 aromatic carbocycles. The van der Waals surface area contributed by atoms with E-state index in [2.05, 4.69) is 20.4 Å². The molecule has 6 nitrogen and oxygen atoms in total. The van der Waals surface area contributed by atoms with Crippen molar-refractivity contribution >= 4 is 17.4 Å². The molecule has 2 heterocycles. The van der Waals surface area contributed by atoms with Gasteiger partial charge in [0.2, 0.25) is 0 Å². The third-order valence-corrected chi connectivity index (χ3v) is 4.67. The number of nitrogens with zero attached hydrogens (tertiary/aromatic N) is 3. The van der Waals surface area contributed by atoms with Crippen LogP contribution in [0.2, 0.25) is 0 Å². The van der Waals surface area contributed by atoms with Gasteiger partial charge in [0.05, 0.1) is 0 Å². The second kappa shape index (κ2) is 8.52. The SMILES string of the molecule is O=C(Nc1ccc(OCc2ccccc2)cc1)c1ccc(N2CCCC2)nn1. The summed E-state index contributed by atoms with van der Waals surface area (Å²) >= 11 is 0. The van der Waals surface area contributed by atoms with E-state index in [1.807, 2.05) is 60.7 Å². The first-order chi connectivity index (χ1) is 13.8. The van der Waals surface area contributed by atoms with Crippen LogP contribution in [0.3, 0.4) is 0 Å². The quantitative estimate of drug-likeness (QED) is 0.709. The predicted molar refractivity (Wildman–Crippen MR) is 109 cm³/mol. The van der Waals surface area contributed by atoms with Gasteiger partial charge in [-0.1, -0.05) is 30.3 Å². The van der Waals surface area contributed by atoms with E-state index in [1.54, 1.807) is 6.07 Å². The maximum atomic E-state index is 12.4. The van der Waals surface area contributed by atoms with Crippen molar-refractivity contribution in [3.05, 3.63) is 78.0 Å². The molecule has 142 valence electrons. The number of aromatic nitrogens is 2. The van der Waals surface area contributed by atoms with E-state index in [4.69, 9.17) is 4.74 Å². The number of anilines is 2. The molecule has 0 bridgehead atoms. The number of nitrogens with one attached hydrogen (secondary N) is 1. The lowest BCUT2D eigenvalue weighted by Crippen LogP contribution is -2.21. The average molecular weight is 374 g/mol. The Morgan fingerprint density at radius 2 is 1.68 bits per heavy atom. The topological polar surface area (TPSA) is 67.3 Å². The molecule has 3 aromatic rings. The fourth-order valence-electron chi connectivity index (χ4n) is 3.13. The molecule has 0 atom stereocenters. The summed E-state index contributed by atoms with van der Waals surface area (Å²) in [6, 6.07) is 20.8. The third-order valence-electron chi connectivity index (χ3n) is 4.67. The van der Waals surface area contributed by atoms with Gasteiger partial charge in [-0.2, -0.15) is 0 Å². The standard InChI is InChI=1S/C22H22N4O2/c27-22(20-12-13-21(25-24-20)26-14-4-5-15-26)23-18-8-10-19(11-9-18)28-16-17-6-2-1-3-7-17/h1-3,6-13H,4-5,14-16H2,(H,23,27). The Morgan fingerprint density at radius 1 is 0.929 bits per heavy atom. The number of rotatable bonds is 6. The number of amides is 1. The van der Waals surface area contributed by atoms with E-state index in [9.17, 15) is 4.79 Å². The van der Waals surface area contributed by atoms with E-state index in [0.29, 0.717) is 18.0 Å². The van der Waals surface area contributed by atoms with Crippen molar-refractivity contribution in [1.82, 2.24) is 10.2 Å². The van der Waals surface area contributed by atoms with Crippen LogP contribution in [0.15, 0.2) is 66.7 Å². The highest BCUT2D eigenvalue weighted by atomic mass is 16.5. The second-order valence-corrected chi connectivity index (χ2v) is 6.72. The van der Waals surface area contributed by atoms with Gasteiger partial charge >= 0.3 is 0 Å². The van der Waals surface area contributed by atoms with Crippen molar-refractivity contribution in [1.29, 1.82) is 0 Å². The molecule has 28 heavy (non-hydrogen) atoms. The maximum Gasteiger partial charge on any atom is 0.276 e. The molecule has 1 N–H and O–H groups in total. The average Bonchev–Trinajstić information content (AvgIpc) is 3.29. The molecule has 0 radical (unpaired) electrons. The summed E-state index contributed by atoms with van der Waals surface area (Å²) in [5, 5.41) is 11.1. The van der Waals surface area contributed by atoms with Gasteiger partial charge in [0.25, 0.3) is 5.91 Å². The minimum Gasteiger partial charge on any atom is -0.489 e. The third kappa shape index (κ3) is 4.46. The highest BCUT2D eigenvalue weighted by Crippen LogP contribution is 2.19. The van der Waals surface area contributed by atoms with Gasteiger partial charge in [-0.15, -0.1) is 10.2 Å². The number of carbonyl (C=O) groups is 1. The first kappa shape index (κ1) is 18.0. The smallest absolute Gasteiger partial charge is 0.276 e. The van der Waals surface area contributed by atoms with Gasteiger partial charge in [-0.25, -0.2) is 0 Å². The molecule has 1 aliphatic rings. The van der Waals surface area contributed by atoms with Crippen LogP contribution in [0.4, 0.5) is 11.5 Å². The molecular formula is C22H22N4O2. The predicted octanol–water partition coefficient (Wildman–Crippen LogP) is 3.91. The summed E-state index contributed by atoms with van der Waals surface area (Å²) in [6.07, 6.45) is 2.35. The Morgan fingerprint density at radius 3 is 2.36 bits per heavy atom. The summed E-state index contributed by atoms with van der Waals surface area (Å²) in [5.41, 5.74) is 2.09. The Balaban J connectivity index is 1.32. The molecule has 0 unspecified atom stereocenters. The van der Waals surface area contributed by atoms with E-state index < -0.39 is 0 Å². The largest absolute Gasteiger partial charge is 0.489 e. The molecule has 6 heteroatoms. The van der Waals surface area contributed by atoms with Crippen molar-refractivity contribution in [2.45, 2.75) is 19.4 Å². The van der Waals surface area contributed by atoms with Crippen molar-refractivity contribution in [3.8, 4) is 5.75 Å². The zero-order valence-electron chi connectivity index (χ0n) is 15.5. The lowest BCUT2D eigenvalue weighted by Gasteiger charge is -2.15. The molecule has 1 amide bonds. The van der Waals surface area contributed by atoms with Gasteiger partial charge in [0.1, 0.15) is 12.4 Å². The number of hydrogen-bond donors (Lipinski definition) is 1. The normalized spacial score (nSPS) is 13.4. The van der Waals surface area contributed by atoms with Crippen LogP contribution in [0.1, 0.15) is 28.9 Å². The lowest BCUT2D eigenvalue weighted by molar-refractivity contribution is 0.102. The molecule has 0 saturated carbocycles. The molecule has 1 aliphatic heterocycles. The van der Waals surface area contributed by atoms with Crippen molar-refractivity contribution < 1.29 is 9.53 Å². The van der Waals surface area contributed by atoms with Crippen molar-refractivity contribution in [2.24, 2.45) is 0 Å². The first-order valence-electron chi connectivity index (χ1n) is 9.45. The van der Waals surface area contributed by atoms with Gasteiger partial charge in [-0.3, -0.25) is 4.79 Å². The first-order valence-corrected chi connectivity index (χ1v) is 9.45. The van der Waals surface area contributed by atoms with Crippen molar-refractivity contribution in [2.75, 3.05) is 23.3 Å². The molecule has 0 aliphatic carbocycles. The lowest BCUT2D eigenvalue weighted by atomic mass is 10.2. The summed E-state index contributed by atoms with van der Waals surface area (Å²) < 4.78 is 5.76. The van der Waals surface area contributed by atoms with Crippen LogP contribution in [0, 0.1) is 0 Å². The summed E-state index contributed by atoms with van der Waals surface area (Å²) in [6.45, 7) is 2.50. The van der Waals surface area contributed by atoms with Crippen LogP contribution in [-0.4, -0.2) is 29.2 Å². The van der Waals surface area contributed by atoms with E-state index in [0.717, 1.165) is 30.2 Å². The van der Waals surface area contributed by atoms with E-state index >= 15 is 0 Å². The minimum absolute atomic E-state index is 0.279. The van der Waals surface area contributed by atoms with Crippen LogP contribution < -0.4 is 15.0 Å². The Kier molecular flexibility index (Phi) is 5.47. The zero-order valence-corrected chi connectivity index (χ0v) is 15.5. The Hall–Kier alpha value is -3.41. The fourth-order valence-corrected chi connectivity index (χ4v) is 3.13. The number of hydrogen-bond acceptors (Lipinski definition) is 5. The minimum atomic E-state index is -0.279. The highest BCUT2D eigenvalue weighted by Gasteiger charge is 2.15. The Bertz CT molecular complexity index is 906. The fraction of sp³-hybridized carbons (Fsp3) is 0.227. The molecule has 1 aromatic heterocycles. The van der Waals surface area contributed by atoms with Gasteiger partial charge < -0.3 is 15.0 Å². The monoisotopic (exact) mass is 374 g/mol. The summed E-state index contributed by atoms with van der Waals surface area (Å²) in [5.74, 6) is 1.30. The number of carbonyl (C=O) groups excluding carboxylic acids is 1. The van der Waals surface area contributed by atoms with Crippen LogP contribution >= 0.6 is 0 Å². The van der Waals surface area contributed by atoms with Crippen LogP contribution in [-0.2, 0) is 6.61 Å². The number of ether oxygens (including phenoxy) is 1. The van der Waals surface area contributed by atoms with Gasteiger partial charge in [0, 0.05) is 18.8 Å². The van der Waals surface area contributed by atoms with Gasteiger partial charge in [0.15, 0.2) is 11.5 Å². The molecule has 1 saturated heterocycles. The second-order valence-electron chi connectivity index (χ2n) is 6.72. The van der Waals surface area contributed by atoms with Crippen LogP contribution in [0.25, 0.3) is 0 Å². The Labute approximate surface area is 164 Å². The zero-order chi connectivity index (χ0) is 19.2. The molecular weight excluding hydrogens is 352 g/mol. The number of benzene rings is 2. The van der Waals surface area contributed by atoms with E-state index in [1.165, 1.54) is 12.8 Å². The van der Waals surface area contributed by atoms with Gasteiger partial charge in [-0.05, 0) is 54.8 Å². The molecule has 0 spiro atoms.